The number of nitrogens with zero attached hydrogens (tertiary/aromatic N) is 3. The van der Waals surface area contributed by atoms with Gasteiger partial charge in [-0.3, -0.25) is 4.98 Å². The zero-order chi connectivity index (χ0) is 23.9. The predicted molar refractivity (Wildman–Crippen MR) is 127 cm³/mol. The molecule has 2 N–H and O–H groups in total. The molecule has 5 rings (SSSR count). The summed E-state index contributed by atoms with van der Waals surface area (Å²) in [5, 5.41) is 13.5. The van der Waals surface area contributed by atoms with Crippen LogP contribution in [0.2, 0.25) is 0 Å². The topological polar surface area (TPSA) is 53.3 Å². The van der Waals surface area contributed by atoms with Crippen LogP contribution in [0.25, 0.3) is 5.69 Å². The highest BCUT2D eigenvalue weighted by Gasteiger charge is 2.42. The van der Waals surface area contributed by atoms with Crippen molar-refractivity contribution in [2.45, 2.75) is 18.3 Å². The van der Waals surface area contributed by atoms with Gasteiger partial charge in [-0.05, 0) is 78.9 Å². The fourth-order valence-electron chi connectivity index (χ4n) is 4.25. The van der Waals surface area contributed by atoms with E-state index in [4.69, 9.17) is 12.2 Å². The van der Waals surface area contributed by atoms with Gasteiger partial charge in [0.25, 0.3) is 0 Å². The number of hydrogen-bond acceptors (Lipinski definition) is 3. The maximum atomic E-state index is 13.4. The van der Waals surface area contributed by atoms with E-state index in [9.17, 15) is 18.3 Å². The van der Waals surface area contributed by atoms with Crippen LogP contribution in [-0.2, 0) is 6.18 Å². The first-order valence-electron chi connectivity index (χ1n) is 10.5. The largest absolute Gasteiger partial charge is 0.508 e. The molecule has 0 amide bonds. The molecular weight excluding hydrogens is 461 g/mol. The lowest BCUT2D eigenvalue weighted by atomic mass is 10.0. The Labute approximate surface area is 199 Å². The fourth-order valence-corrected chi connectivity index (χ4v) is 4.59. The van der Waals surface area contributed by atoms with Crippen LogP contribution in [0.3, 0.4) is 0 Å². The lowest BCUT2D eigenvalue weighted by molar-refractivity contribution is -0.137. The zero-order valence-electron chi connectivity index (χ0n) is 17.6. The number of phenols is 1. The van der Waals surface area contributed by atoms with Gasteiger partial charge in [0.15, 0.2) is 5.11 Å². The summed E-state index contributed by atoms with van der Waals surface area (Å²) in [6.45, 7) is 0. The lowest BCUT2D eigenvalue weighted by Crippen LogP contribution is -2.30. The quantitative estimate of drug-likeness (QED) is 0.363. The Morgan fingerprint density at radius 2 is 1.71 bits per heavy atom. The van der Waals surface area contributed by atoms with E-state index in [1.165, 1.54) is 6.07 Å². The van der Waals surface area contributed by atoms with Crippen LogP contribution < -0.4 is 10.2 Å². The van der Waals surface area contributed by atoms with Crippen molar-refractivity contribution >= 4 is 23.0 Å². The molecule has 3 heterocycles. The molecular formula is C25H19F3N4OS. The van der Waals surface area contributed by atoms with Gasteiger partial charge in [-0.1, -0.05) is 12.1 Å². The molecule has 34 heavy (non-hydrogen) atoms. The van der Waals surface area contributed by atoms with Crippen molar-refractivity contribution in [3.8, 4) is 11.4 Å². The van der Waals surface area contributed by atoms with Gasteiger partial charge < -0.3 is 19.9 Å². The summed E-state index contributed by atoms with van der Waals surface area (Å²) in [6.07, 6.45) is -1.03. The third kappa shape index (κ3) is 3.99. The monoisotopic (exact) mass is 480 g/mol. The van der Waals surface area contributed by atoms with E-state index >= 15 is 0 Å². The number of hydrogen-bond donors (Lipinski definition) is 2. The zero-order valence-corrected chi connectivity index (χ0v) is 18.5. The molecule has 0 aliphatic carbocycles. The van der Waals surface area contributed by atoms with Gasteiger partial charge >= 0.3 is 6.18 Å². The number of halogens is 3. The van der Waals surface area contributed by atoms with Gasteiger partial charge in [0.2, 0.25) is 0 Å². The van der Waals surface area contributed by atoms with E-state index < -0.39 is 17.8 Å². The van der Waals surface area contributed by atoms with E-state index in [0.29, 0.717) is 10.8 Å². The Balaban J connectivity index is 1.66. The molecule has 1 aliphatic rings. The Morgan fingerprint density at radius 3 is 2.41 bits per heavy atom. The van der Waals surface area contributed by atoms with E-state index in [1.54, 1.807) is 53.4 Å². The van der Waals surface area contributed by atoms with Gasteiger partial charge in [-0.15, -0.1) is 0 Å². The standard InChI is InChI=1S/C25H19F3N4OS/c26-25(27,28)16-5-3-6-18(15-16)31-14-4-8-21(31)23-22(20-7-1-2-13-29-20)30-24(34)32(23)17-9-11-19(33)12-10-17/h1-15,22-23,33H,(H,30,34)/t22-,23+/m1/s1. The smallest absolute Gasteiger partial charge is 0.416 e. The number of rotatable bonds is 4. The maximum Gasteiger partial charge on any atom is 0.416 e. The van der Waals surface area contributed by atoms with Crippen LogP contribution >= 0.6 is 12.2 Å². The summed E-state index contributed by atoms with van der Waals surface area (Å²) in [5.74, 6) is 0.118. The summed E-state index contributed by atoms with van der Waals surface area (Å²) in [5.41, 5.74) is 1.87. The van der Waals surface area contributed by atoms with Gasteiger partial charge in [-0.2, -0.15) is 13.2 Å². The van der Waals surface area contributed by atoms with Gasteiger partial charge in [0.05, 0.1) is 17.3 Å². The number of alkyl halides is 3. The van der Waals surface area contributed by atoms with Crippen molar-refractivity contribution in [1.29, 1.82) is 0 Å². The highest BCUT2D eigenvalue weighted by Crippen LogP contribution is 2.42. The third-order valence-electron chi connectivity index (χ3n) is 5.76. The lowest BCUT2D eigenvalue weighted by Gasteiger charge is -2.29. The highest BCUT2D eigenvalue weighted by atomic mass is 32.1. The minimum atomic E-state index is -4.45. The molecule has 9 heteroatoms. The van der Waals surface area contributed by atoms with Crippen molar-refractivity contribution < 1.29 is 18.3 Å². The molecule has 2 atom stereocenters. The number of benzene rings is 2. The van der Waals surface area contributed by atoms with Crippen LogP contribution in [0.15, 0.2) is 91.3 Å². The Kier molecular flexibility index (Phi) is 5.49. The molecule has 2 aromatic carbocycles. The number of thiocarbonyl (C=S) groups is 1. The maximum absolute atomic E-state index is 13.4. The second kappa shape index (κ2) is 8.49. The Hall–Kier alpha value is -3.85. The normalized spacial score (nSPS) is 18.2. The molecule has 1 fully saturated rings. The van der Waals surface area contributed by atoms with E-state index in [1.807, 2.05) is 29.2 Å². The first kappa shape index (κ1) is 22.0. The Morgan fingerprint density at radius 1 is 0.912 bits per heavy atom. The molecule has 172 valence electrons. The molecule has 0 saturated carbocycles. The average Bonchev–Trinajstić information content (AvgIpc) is 3.44. The summed E-state index contributed by atoms with van der Waals surface area (Å²) in [6, 6.07) is 20.3. The number of aromatic nitrogens is 2. The fraction of sp³-hybridized carbons (Fsp3) is 0.120. The van der Waals surface area contributed by atoms with Crippen molar-refractivity contribution in [2.24, 2.45) is 0 Å². The van der Waals surface area contributed by atoms with Crippen molar-refractivity contribution in [3.05, 3.63) is 108 Å². The summed E-state index contributed by atoms with van der Waals surface area (Å²) in [7, 11) is 0. The highest BCUT2D eigenvalue weighted by molar-refractivity contribution is 7.80. The third-order valence-corrected chi connectivity index (χ3v) is 6.08. The molecule has 0 spiro atoms. The van der Waals surface area contributed by atoms with Crippen LogP contribution in [-0.4, -0.2) is 19.8 Å². The van der Waals surface area contributed by atoms with E-state index in [-0.39, 0.29) is 11.8 Å². The van der Waals surface area contributed by atoms with Crippen LogP contribution in [0.5, 0.6) is 5.75 Å². The molecule has 1 saturated heterocycles. The first-order valence-corrected chi connectivity index (χ1v) is 10.9. The SMILES string of the molecule is Oc1ccc(N2C(=S)N[C@H](c3ccccn3)[C@@H]2c2cccn2-c2cccc(C(F)(F)F)c2)cc1. The van der Waals surface area contributed by atoms with Gasteiger partial charge in [0, 0.05) is 29.5 Å². The Bertz CT molecular complexity index is 1320. The van der Waals surface area contributed by atoms with Crippen molar-refractivity contribution in [3.63, 3.8) is 0 Å². The molecule has 0 bridgehead atoms. The van der Waals surface area contributed by atoms with E-state index in [0.717, 1.165) is 29.2 Å². The first-order chi connectivity index (χ1) is 16.3. The minimum Gasteiger partial charge on any atom is -0.508 e. The van der Waals surface area contributed by atoms with Crippen LogP contribution in [0, 0.1) is 0 Å². The molecule has 5 nitrogen and oxygen atoms in total. The van der Waals surface area contributed by atoms with Crippen LogP contribution in [0.4, 0.5) is 18.9 Å². The van der Waals surface area contributed by atoms with Gasteiger partial charge in [0.1, 0.15) is 11.8 Å². The molecule has 4 aromatic rings. The molecule has 0 radical (unpaired) electrons. The summed E-state index contributed by atoms with van der Waals surface area (Å²) >= 11 is 5.68. The average molecular weight is 481 g/mol. The van der Waals surface area contributed by atoms with E-state index in [2.05, 4.69) is 10.3 Å². The van der Waals surface area contributed by atoms with Crippen molar-refractivity contribution in [2.75, 3.05) is 4.90 Å². The number of aromatic hydroxyl groups is 1. The summed E-state index contributed by atoms with van der Waals surface area (Å²) < 4.78 is 41.9. The predicted octanol–water partition coefficient (Wildman–Crippen LogP) is 5.77. The van der Waals surface area contributed by atoms with Crippen LogP contribution in [0.1, 0.15) is 29.0 Å². The second-order valence-electron chi connectivity index (χ2n) is 7.86. The number of anilines is 1. The number of phenolic OH excluding ortho intramolecular Hbond substituents is 1. The molecule has 2 aromatic heterocycles. The number of nitrogens with one attached hydrogen (secondary N) is 1. The van der Waals surface area contributed by atoms with Crippen molar-refractivity contribution in [1.82, 2.24) is 14.9 Å². The molecule has 0 unspecified atom stereocenters. The molecule has 1 aliphatic heterocycles. The summed E-state index contributed by atoms with van der Waals surface area (Å²) in [4.78, 5) is 6.40. The minimum absolute atomic E-state index is 0.118. The number of pyridine rings is 1. The second-order valence-corrected chi connectivity index (χ2v) is 8.25. The van der Waals surface area contributed by atoms with Gasteiger partial charge in [-0.25, -0.2) is 0 Å².